The van der Waals surface area contributed by atoms with Crippen molar-refractivity contribution in [2.75, 3.05) is 33.0 Å². The van der Waals surface area contributed by atoms with E-state index in [1.54, 1.807) is 30.0 Å². The van der Waals surface area contributed by atoms with Crippen molar-refractivity contribution in [3.8, 4) is 28.4 Å². The molecule has 6 unspecified atom stereocenters. The Morgan fingerprint density at radius 1 is 0.903 bits per heavy atom. The molecule has 328 valence electrons. The summed E-state index contributed by atoms with van der Waals surface area (Å²) in [4.78, 5) is 21.8. The molecule has 0 aromatic heterocycles. The Morgan fingerprint density at radius 2 is 1.61 bits per heavy atom. The smallest absolute Gasteiger partial charge is 0.410 e. The van der Waals surface area contributed by atoms with Crippen molar-refractivity contribution in [1.29, 1.82) is 0 Å². The molecule has 4 aromatic carbocycles. The molecule has 1 amide bonds. The third kappa shape index (κ3) is 9.75. The molecule has 4 aromatic rings. The Balaban J connectivity index is 1.41. The summed E-state index contributed by atoms with van der Waals surface area (Å²) in [7, 11) is 0. The second-order valence-corrected chi connectivity index (χ2v) is 16.1. The molecule has 3 aliphatic rings. The molecule has 1 heterocycles. The average Bonchev–Trinajstić information content (AvgIpc) is 3.29. The first kappa shape index (κ1) is 44.6. The number of amides is 1. The van der Waals surface area contributed by atoms with Crippen molar-refractivity contribution in [3.63, 3.8) is 0 Å². The number of hydrogen-bond acceptors (Lipinski definition) is 9. The summed E-state index contributed by atoms with van der Waals surface area (Å²) in [6.45, 7) is 8.50. The van der Waals surface area contributed by atoms with Crippen molar-refractivity contribution in [3.05, 3.63) is 138 Å². The lowest BCUT2D eigenvalue weighted by Gasteiger charge is -2.59. The van der Waals surface area contributed by atoms with E-state index in [1.165, 1.54) is 12.1 Å². The zero-order valence-electron chi connectivity index (χ0n) is 35.8. The number of carbonyl (C=O) groups excluding carboxylic acids is 1. The largest absolute Gasteiger partial charge is 0.459 e. The second-order valence-electron chi connectivity index (χ2n) is 16.1. The van der Waals surface area contributed by atoms with Gasteiger partial charge in [0.05, 0.1) is 24.8 Å². The number of unbranched alkanes of at least 4 members (excludes halogenated alkanes) is 2. The summed E-state index contributed by atoms with van der Waals surface area (Å²) in [5.74, 6) is -0.580. The molecule has 1 saturated carbocycles. The number of rotatable bonds is 20. The highest BCUT2D eigenvalue weighted by atomic mass is 19.1. The Hall–Kier alpha value is -5.49. The van der Waals surface area contributed by atoms with Crippen LogP contribution in [0.15, 0.2) is 127 Å². The van der Waals surface area contributed by atoms with Crippen LogP contribution in [0, 0.1) is 23.6 Å². The molecule has 62 heavy (non-hydrogen) atoms. The highest BCUT2D eigenvalue weighted by molar-refractivity contribution is 6.03. The molecule has 1 aliphatic heterocycles. The van der Waals surface area contributed by atoms with Gasteiger partial charge in [-0.05, 0) is 116 Å². The molecule has 6 atom stereocenters. The lowest BCUT2D eigenvalue weighted by molar-refractivity contribution is -0.256. The topological polar surface area (TPSA) is 119 Å². The fourth-order valence-corrected chi connectivity index (χ4v) is 9.63. The first-order valence-electron chi connectivity index (χ1n) is 22.1. The third-order valence-electron chi connectivity index (χ3n) is 12.3. The predicted octanol–water partition coefficient (Wildman–Crippen LogP) is 10.6. The number of hydrogen-bond donors (Lipinski definition) is 2. The third-order valence-corrected chi connectivity index (χ3v) is 12.3. The minimum absolute atomic E-state index is 0.0315. The van der Waals surface area contributed by atoms with Crippen molar-refractivity contribution in [2.45, 2.75) is 83.1 Å². The lowest BCUT2D eigenvalue weighted by Crippen LogP contribution is -2.70. The maximum atomic E-state index is 14.3. The van der Waals surface area contributed by atoms with Gasteiger partial charge < -0.3 is 34.0 Å². The van der Waals surface area contributed by atoms with Crippen molar-refractivity contribution < 1.29 is 43.2 Å². The van der Waals surface area contributed by atoms with E-state index in [-0.39, 0.29) is 63.0 Å². The van der Waals surface area contributed by atoms with E-state index < -0.39 is 23.8 Å². The number of halogens is 1. The minimum atomic E-state index is -1.48. The van der Waals surface area contributed by atoms with Gasteiger partial charge in [-0.15, -0.1) is 6.58 Å². The zero-order valence-corrected chi connectivity index (χ0v) is 35.8. The van der Waals surface area contributed by atoms with Gasteiger partial charge in [0.2, 0.25) is 5.79 Å². The van der Waals surface area contributed by atoms with E-state index in [0.717, 1.165) is 47.9 Å². The van der Waals surface area contributed by atoms with Crippen LogP contribution >= 0.6 is 0 Å². The number of aliphatic hydroxyl groups excluding tert-OH is 2. The van der Waals surface area contributed by atoms with Crippen LogP contribution in [-0.4, -0.2) is 71.8 Å². The summed E-state index contributed by atoms with van der Waals surface area (Å²) < 4.78 is 40.9. The van der Waals surface area contributed by atoms with Crippen LogP contribution < -0.4 is 9.47 Å². The van der Waals surface area contributed by atoms with Crippen LogP contribution in [0.3, 0.4) is 0 Å². The highest BCUT2D eigenvalue weighted by Crippen LogP contribution is 2.62. The number of carbonyl (C=O) groups is 1. The normalized spacial score (nSPS) is 23.0. The van der Waals surface area contributed by atoms with Crippen LogP contribution in [0.1, 0.15) is 75.8 Å². The second kappa shape index (κ2) is 21.1. The Morgan fingerprint density at radius 3 is 2.31 bits per heavy atom. The average molecular weight is 847 g/mol. The summed E-state index contributed by atoms with van der Waals surface area (Å²) in [5.41, 5.74) is 5.44. The van der Waals surface area contributed by atoms with E-state index in [0.29, 0.717) is 48.0 Å². The van der Waals surface area contributed by atoms with E-state index in [4.69, 9.17) is 28.9 Å². The van der Waals surface area contributed by atoms with Crippen LogP contribution in [0.25, 0.3) is 11.1 Å². The van der Waals surface area contributed by atoms with Gasteiger partial charge in [-0.2, -0.15) is 0 Å². The van der Waals surface area contributed by atoms with E-state index in [9.17, 15) is 19.4 Å². The molecular weight excluding hydrogens is 788 g/mol. The molecule has 0 radical (unpaired) electrons. The fraction of sp³-hybridized carbons (Fsp3) is 0.412. The standard InChI is InChI=1S/C51H59FN2O8/c1-4-30-59-51-47(54(50(57)58-5-2)34-35-18-22-39(52)23-19-35)33-45(53-60-6-3)43-31-38(16-10-12-28-55)42(17-11-13-29-56)48(49(43)51)44-32-41(26-27-46(44)62-51)61-40-24-20-37(21-25-40)36-14-8-7-9-15-36/h4,7-9,14-15,18-27,31-32,38,42,47-49,55-56H,1,5-6,10-13,16-17,28-30,33-34H2,2-3H3. The van der Waals surface area contributed by atoms with Gasteiger partial charge in [-0.1, -0.05) is 84.7 Å². The monoisotopic (exact) mass is 846 g/mol. The van der Waals surface area contributed by atoms with Gasteiger partial charge in [-0.3, -0.25) is 4.90 Å². The molecule has 0 spiro atoms. The zero-order chi connectivity index (χ0) is 43.5. The summed E-state index contributed by atoms with van der Waals surface area (Å²) in [6.07, 6.45) is 8.15. The van der Waals surface area contributed by atoms with Gasteiger partial charge in [0.1, 0.15) is 35.7 Å². The van der Waals surface area contributed by atoms with E-state index in [1.807, 2.05) is 61.5 Å². The predicted molar refractivity (Wildman–Crippen MR) is 238 cm³/mol. The first-order valence-corrected chi connectivity index (χ1v) is 22.1. The highest BCUT2D eigenvalue weighted by Gasteiger charge is 2.65. The number of fused-ring (bicyclic) bond motifs is 2. The minimum Gasteiger partial charge on any atom is -0.459 e. The number of ether oxygens (including phenoxy) is 4. The van der Waals surface area contributed by atoms with Crippen LogP contribution in [-0.2, 0) is 20.9 Å². The number of nitrogens with zero attached hydrogens (tertiary/aromatic N) is 2. The van der Waals surface area contributed by atoms with Gasteiger partial charge in [-0.25, -0.2) is 9.18 Å². The van der Waals surface area contributed by atoms with Crippen LogP contribution in [0.5, 0.6) is 17.2 Å². The number of oxime groups is 1. The van der Waals surface area contributed by atoms with E-state index in [2.05, 4.69) is 30.9 Å². The molecule has 11 heteroatoms. The van der Waals surface area contributed by atoms with Crippen LogP contribution in [0.2, 0.25) is 0 Å². The number of allylic oxidation sites excluding steroid dienone is 1. The molecule has 0 bridgehead atoms. The number of benzene rings is 4. The quantitative estimate of drug-likeness (QED) is 0.0513. The van der Waals surface area contributed by atoms with Crippen molar-refractivity contribution in [2.24, 2.45) is 22.9 Å². The van der Waals surface area contributed by atoms with Gasteiger partial charge in [0.15, 0.2) is 0 Å². The summed E-state index contributed by atoms with van der Waals surface area (Å²) >= 11 is 0. The lowest BCUT2D eigenvalue weighted by atomic mass is 9.55. The Kier molecular flexibility index (Phi) is 15.1. The van der Waals surface area contributed by atoms with E-state index >= 15 is 0 Å². The van der Waals surface area contributed by atoms with Gasteiger partial charge in [0.25, 0.3) is 0 Å². The molecule has 7 rings (SSSR count). The van der Waals surface area contributed by atoms with Crippen LogP contribution in [0.4, 0.5) is 9.18 Å². The summed E-state index contributed by atoms with van der Waals surface area (Å²) in [5, 5.41) is 24.6. The summed E-state index contributed by atoms with van der Waals surface area (Å²) in [6, 6.07) is 29.4. The SMILES string of the molecule is C=CCOC12Oc3ccc(Oc4ccc(-c5ccccc5)cc4)cc3C3C(CCCCO)C(CCCCO)C=C(C(=NOCC)CC1N(Cc1ccc(F)cc1)C(=O)OCC)C32. The molecule has 0 saturated heterocycles. The maximum absolute atomic E-state index is 14.3. The van der Waals surface area contributed by atoms with Gasteiger partial charge >= 0.3 is 6.09 Å². The molecular formula is C51H59FN2O8. The molecule has 2 aliphatic carbocycles. The Labute approximate surface area is 364 Å². The van der Waals surface area contributed by atoms with Crippen molar-refractivity contribution in [1.82, 2.24) is 4.90 Å². The maximum Gasteiger partial charge on any atom is 0.410 e. The molecule has 2 N–H and O–H groups in total. The van der Waals surface area contributed by atoms with Gasteiger partial charge in [0, 0.05) is 37.7 Å². The molecule has 1 fully saturated rings. The van der Waals surface area contributed by atoms with Crippen molar-refractivity contribution >= 4 is 11.8 Å². The molecule has 10 nitrogen and oxygen atoms in total. The Bertz CT molecular complexity index is 2160. The number of aliphatic hydroxyl groups is 2. The fourth-order valence-electron chi connectivity index (χ4n) is 9.63. The first-order chi connectivity index (χ1) is 30.3.